The molecule has 0 saturated carbocycles. The van der Waals surface area contributed by atoms with Crippen molar-refractivity contribution in [1.29, 1.82) is 0 Å². The molecule has 7 nitrogen and oxygen atoms in total. The number of hydrogen-bond donors (Lipinski definition) is 2. The van der Waals surface area contributed by atoms with Gasteiger partial charge in [0.25, 0.3) is 5.91 Å². The summed E-state index contributed by atoms with van der Waals surface area (Å²) in [6.07, 6.45) is 4.14. The van der Waals surface area contributed by atoms with E-state index in [1.807, 2.05) is 23.8 Å². The van der Waals surface area contributed by atoms with Gasteiger partial charge in [0.15, 0.2) is 0 Å². The van der Waals surface area contributed by atoms with Gasteiger partial charge >= 0.3 is 7.12 Å². The maximum atomic E-state index is 14.9. The summed E-state index contributed by atoms with van der Waals surface area (Å²) in [5.41, 5.74) is 3.48. The minimum absolute atomic E-state index is 0.223. The number of amides is 1. The molecular weight excluding hydrogens is 446 g/mol. The summed E-state index contributed by atoms with van der Waals surface area (Å²) in [5, 5.41) is 20.2. The van der Waals surface area contributed by atoms with Gasteiger partial charge in [0.1, 0.15) is 11.5 Å². The molecule has 0 saturated heterocycles. The predicted octanol–water partition coefficient (Wildman–Crippen LogP) is 2.04. The summed E-state index contributed by atoms with van der Waals surface area (Å²) < 4.78 is 16.8. The van der Waals surface area contributed by atoms with Gasteiger partial charge in [0.05, 0.1) is 5.02 Å². The molecule has 2 N–H and O–H groups in total. The largest absolute Gasteiger partial charge is 0.489 e. The fraction of sp³-hybridized carbons (Fsp3) is 0.304. The number of hydrogen-bond acceptors (Lipinski definition) is 5. The zero-order chi connectivity index (χ0) is 23.9. The van der Waals surface area contributed by atoms with Crippen LogP contribution in [0.4, 0.5) is 4.39 Å². The van der Waals surface area contributed by atoms with E-state index in [0.29, 0.717) is 48.1 Å². The number of nitrogens with zero attached hydrogens (tertiary/aromatic N) is 4. The molecule has 1 aromatic carbocycles. The van der Waals surface area contributed by atoms with Gasteiger partial charge in [-0.25, -0.2) is 9.37 Å². The Bertz CT molecular complexity index is 1230. The van der Waals surface area contributed by atoms with Crippen molar-refractivity contribution >= 4 is 46.7 Å². The van der Waals surface area contributed by atoms with Crippen LogP contribution >= 0.6 is 11.6 Å². The van der Waals surface area contributed by atoms with Gasteiger partial charge in [-0.2, -0.15) is 0 Å². The molecule has 0 spiro atoms. The fourth-order valence-electron chi connectivity index (χ4n) is 4.24. The molecular formula is C23H25BClFN4O3. The van der Waals surface area contributed by atoms with E-state index in [4.69, 9.17) is 11.6 Å². The summed E-state index contributed by atoms with van der Waals surface area (Å²) >= 11 is 6.37. The molecule has 0 aliphatic carbocycles. The average Bonchev–Trinajstić information content (AvgIpc) is 3.09. The van der Waals surface area contributed by atoms with Gasteiger partial charge in [0, 0.05) is 69.2 Å². The normalized spacial score (nSPS) is 14.5. The molecule has 1 amide bonds. The molecule has 0 atom stereocenters. The van der Waals surface area contributed by atoms with Gasteiger partial charge < -0.3 is 19.5 Å². The van der Waals surface area contributed by atoms with E-state index in [9.17, 15) is 19.2 Å². The van der Waals surface area contributed by atoms with E-state index in [2.05, 4.69) is 9.88 Å². The van der Waals surface area contributed by atoms with Crippen molar-refractivity contribution in [3.8, 4) is 0 Å². The molecule has 10 heteroatoms. The zero-order valence-electron chi connectivity index (χ0n) is 18.7. The molecule has 4 rings (SSSR count). The summed E-state index contributed by atoms with van der Waals surface area (Å²) in [6.45, 7) is 1.93. The topological polar surface area (TPSA) is 81.8 Å². The number of carbonyl (C=O) groups excluding carboxylic acids is 1. The summed E-state index contributed by atoms with van der Waals surface area (Å²) in [5.74, 6) is -0.797. The molecule has 0 radical (unpaired) electrons. The second kappa shape index (κ2) is 9.27. The van der Waals surface area contributed by atoms with Crippen LogP contribution in [0.25, 0.3) is 16.6 Å². The van der Waals surface area contributed by atoms with E-state index in [1.165, 1.54) is 17.0 Å². The predicted molar refractivity (Wildman–Crippen MR) is 128 cm³/mol. The molecule has 0 bridgehead atoms. The van der Waals surface area contributed by atoms with Crippen LogP contribution in [-0.2, 0) is 13.6 Å². The lowest BCUT2D eigenvalue weighted by Crippen LogP contribution is -2.30. The maximum absolute atomic E-state index is 14.9. The molecule has 0 unspecified atom stereocenters. The van der Waals surface area contributed by atoms with Crippen molar-refractivity contribution in [2.24, 2.45) is 7.05 Å². The minimum atomic E-state index is -1.56. The number of fused-ring (bicyclic) bond motifs is 1. The van der Waals surface area contributed by atoms with Gasteiger partial charge in [-0.15, -0.1) is 0 Å². The molecule has 2 aromatic heterocycles. The number of aromatic nitrogens is 2. The summed E-state index contributed by atoms with van der Waals surface area (Å²) in [7, 11) is 3.55. The van der Waals surface area contributed by atoms with E-state index in [0.717, 1.165) is 11.3 Å². The zero-order valence-corrected chi connectivity index (χ0v) is 19.5. The number of rotatable bonds is 5. The van der Waals surface area contributed by atoms with E-state index < -0.39 is 12.9 Å². The second-order valence-electron chi connectivity index (χ2n) is 8.43. The smallest absolute Gasteiger partial charge is 0.423 e. The lowest BCUT2D eigenvalue weighted by Gasteiger charge is -2.27. The van der Waals surface area contributed by atoms with Crippen LogP contribution in [0.15, 0.2) is 36.5 Å². The highest BCUT2D eigenvalue weighted by atomic mass is 35.5. The summed E-state index contributed by atoms with van der Waals surface area (Å²) in [6, 6.07) is 6.29. The highest BCUT2D eigenvalue weighted by Gasteiger charge is 2.23. The van der Waals surface area contributed by atoms with Crippen LogP contribution in [0.2, 0.25) is 5.02 Å². The van der Waals surface area contributed by atoms with Gasteiger partial charge in [-0.1, -0.05) is 17.7 Å². The third-order valence-corrected chi connectivity index (χ3v) is 6.33. The van der Waals surface area contributed by atoms with Crippen molar-refractivity contribution in [3.63, 3.8) is 0 Å². The molecule has 1 aliphatic rings. The monoisotopic (exact) mass is 470 g/mol. The highest BCUT2D eigenvalue weighted by molar-refractivity contribution is 6.61. The van der Waals surface area contributed by atoms with Crippen molar-refractivity contribution in [2.45, 2.75) is 13.0 Å². The van der Waals surface area contributed by atoms with Gasteiger partial charge in [-0.05, 0) is 41.7 Å². The lowest BCUT2D eigenvalue weighted by molar-refractivity contribution is 0.0827. The highest BCUT2D eigenvalue weighted by Crippen LogP contribution is 2.32. The van der Waals surface area contributed by atoms with E-state index >= 15 is 0 Å². The van der Waals surface area contributed by atoms with Crippen LogP contribution in [0.1, 0.15) is 28.0 Å². The van der Waals surface area contributed by atoms with Crippen molar-refractivity contribution in [2.75, 3.05) is 27.2 Å². The first-order valence-corrected chi connectivity index (χ1v) is 11.0. The molecule has 172 valence electrons. The number of benzene rings is 1. The van der Waals surface area contributed by atoms with E-state index in [1.54, 1.807) is 26.4 Å². The Morgan fingerprint density at radius 1 is 1.30 bits per heavy atom. The lowest BCUT2D eigenvalue weighted by atomic mass is 9.79. The number of halogens is 2. The number of pyridine rings is 1. The third-order valence-electron chi connectivity index (χ3n) is 6.04. The Hall–Kier alpha value is -2.72. The molecule has 1 aliphatic heterocycles. The van der Waals surface area contributed by atoms with Crippen LogP contribution in [0, 0.1) is 5.82 Å². The Balaban J connectivity index is 1.54. The van der Waals surface area contributed by atoms with Crippen molar-refractivity contribution < 1.29 is 19.2 Å². The Labute approximate surface area is 196 Å². The Morgan fingerprint density at radius 3 is 2.67 bits per heavy atom. The number of aryl methyl sites for hydroxylation is 1. The SMILES string of the molecule is CN(C)C(=O)c1cc(F)c(C2=CCN(Cc3cc4c(B(O)O)ccnc4n3C)CC2)c(Cl)c1. The second-order valence-corrected chi connectivity index (χ2v) is 8.84. The summed E-state index contributed by atoms with van der Waals surface area (Å²) in [4.78, 5) is 20.1. The van der Waals surface area contributed by atoms with Crippen molar-refractivity contribution in [1.82, 2.24) is 19.4 Å². The van der Waals surface area contributed by atoms with Gasteiger partial charge in [0.2, 0.25) is 0 Å². The molecule has 3 aromatic rings. The van der Waals surface area contributed by atoms with Crippen LogP contribution in [0.5, 0.6) is 0 Å². The van der Waals surface area contributed by atoms with Crippen LogP contribution in [0.3, 0.4) is 0 Å². The minimum Gasteiger partial charge on any atom is -0.423 e. The molecule has 0 fully saturated rings. The quantitative estimate of drug-likeness (QED) is 0.558. The first kappa shape index (κ1) is 23.4. The third kappa shape index (κ3) is 4.54. The van der Waals surface area contributed by atoms with Crippen LogP contribution < -0.4 is 5.46 Å². The molecule has 33 heavy (non-hydrogen) atoms. The van der Waals surface area contributed by atoms with Crippen LogP contribution in [-0.4, -0.2) is 69.6 Å². The standard InChI is InChI=1S/C23H25BClFN4O3/c1-28(2)23(31)15-10-19(25)21(20(26)11-15)14-5-8-30(9-6-14)13-16-12-17-18(24(32)33)4-7-27-22(17)29(16)3/h4-5,7,10-12,32-33H,6,8-9,13H2,1-3H3. The van der Waals surface area contributed by atoms with Crippen molar-refractivity contribution in [3.05, 3.63) is 64.2 Å². The first-order chi connectivity index (χ1) is 15.7. The average molecular weight is 471 g/mol. The Morgan fingerprint density at radius 2 is 2.06 bits per heavy atom. The number of carbonyl (C=O) groups is 1. The van der Waals surface area contributed by atoms with Gasteiger partial charge in [-0.3, -0.25) is 9.69 Å². The molecule has 3 heterocycles. The first-order valence-electron chi connectivity index (χ1n) is 10.6. The van der Waals surface area contributed by atoms with E-state index in [-0.39, 0.29) is 16.5 Å². The maximum Gasteiger partial charge on any atom is 0.489 e. The Kier molecular flexibility index (Phi) is 6.58. The fourth-order valence-corrected chi connectivity index (χ4v) is 4.57.